The van der Waals surface area contributed by atoms with Crippen LogP contribution in [0, 0.1) is 0 Å². The third-order valence-corrected chi connectivity index (χ3v) is 17.7. The lowest BCUT2D eigenvalue weighted by Crippen LogP contribution is -2.12. The molecule has 0 aliphatic heterocycles. The maximum absolute atomic E-state index is 2.55. The molecule has 0 unspecified atom stereocenters. The van der Waals surface area contributed by atoms with Crippen molar-refractivity contribution in [2.45, 2.75) is 11.8 Å². The van der Waals surface area contributed by atoms with E-state index < -0.39 is 0 Å². The van der Waals surface area contributed by atoms with Crippen LogP contribution in [0.4, 0.5) is 0 Å². The lowest BCUT2D eigenvalue weighted by molar-refractivity contribution is 0.722. The topological polar surface area (TPSA) is 19.7 Å². The van der Waals surface area contributed by atoms with E-state index in [1.807, 2.05) is 0 Å². The van der Waals surface area contributed by atoms with Gasteiger partial charge in [0.15, 0.2) is 0 Å². The van der Waals surface area contributed by atoms with Gasteiger partial charge in [-0.3, -0.25) is 0 Å². The molecule has 0 radical (unpaired) electrons. The molecular formula is C74H46N4. The van der Waals surface area contributed by atoms with E-state index in [1.54, 1.807) is 0 Å². The summed E-state index contributed by atoms with van der Waals surface area (Å²) in [5, 5.41) is 10.1. The van der Waals surface area contributed by atoms with Gasteiger partial charge in [0.05, 0.1) is 44.1 Å². The van der Waals surface area contributed by atoms with E-state index in [0.717, 1.165) is 0 Å². The van der Waals surface area contributed by atoms with Gasteiger partial charge in [-0.2, -0.15) is 0 Å². The van der Waals surface area contributed by atoms with Gasteiger partial charge in [-0.15, -0.1) is 0 Å². The lowest BCUT2D eigenvalue weighted by atomic mass is 9.78. The van der Waals surface area contributed by atoms with Crippen molar-refractivity contribution < 1.29 is 0 Å². The lowest BCUT2D eigenvalue weighted by Gasteiger charge is -2.26. The van der Waals surface area contributed by atoms with Gasteiger partial charge < -0.3 is 18.3 Å². The fraction of sp³-hybridized carbons (Fsp3) is 0.0270. The van der Waals surface area contributed by atoms with Gasteiger partial charge in [0.2, 0.25) is 0 Å². The Bertz CT molecular complexity index is 4380. The average Bonchev–Trinajstić information content (AvgIpc) is 4.53. The van der Waals surface area contributed by atoms with Gasteiger partial charge in [-0.05, 0) is 142 Å². The second-order valence-corrected chi connectivity index (χ2v) is 21.5. The largest absolute Gasteiger partial charge is 0.309 e. The molecule has 4 heterocycles. The minimum atomic E-state index is -0.0575. The van der Waals surface area contributed by atoms with Crippen molar-refractivity contribution in [1.82, 2.24) is 18.3 Å². The predicted octanol–water partition coefficient (Wildman–Crippen LogP) is 19.0. The molecule has 18 rings (SSSR count). The zero-order valence-corrected chi connectivity index (χ0v) is 42.3. The summed E-state index contributed by atoms with van der Waals surface area (Å²) < 4.78 is 9.97. The Labute approximate surface area is 449 Å². The van der Waals surface area contributed by atoms with Crippen LogP contribution in [-0.2, 0) is 0 Å². The number of fused-ring (bicyclic) bond motifs is 18. The van der Waals surface area contributed by atoms with Crippen LogP contribution in [0.2, 0.25) is 0 Å². The predicted molar refractivity (Wildman–Crippen MR) is 325 cm³/mol. The fourth-order valence-electron chi connectivity index (χ4n) is 14.6. The van der Waals surface area contributed by atoms with Crippen LogP contribution in [0.3, 0.4) is 0 Å². The molecule has 0 saturated heterocycles. The zero-order valence-electron chi connectivity index (χ0n) is 42.3. The Morgan fingerprint density at radius 2 is 0.346 bits per heavy atom. The molecule has 0 N–H and O–H groups in total. The molecule has 2 aliphatic carbocycles. The molecule has 362 valence electrons. The van der Waals surface area contributed by atoms with Crippen LogP contribution in [0.1, 0.15) is 34.1 Å². The number of para-hydroxylation sites is 8. The highest BCUT2D eigenvalue weighted by Gasteiger charge is 2.42. The molecule has 0 spiro atoms. The van der Waals surface area contributed by atoms with Crippen molar-refractivity contribution in [3.8, 4) is 45.0 Å². The molecule has 0 atom stereocenters. The zero-order chi connectivity index (χ0) is 50.7. The number of nitrogens with zero attached hydrogens (tertiary/aromatic N) is 4. The SMILES string of the molecule is c1ccc2c(c1)c1ccccc1n2-c1ccc2c(c1)C(C1c3cc(-n4c5ccccc5c5ccccc54)ccc3-c3ccc(-n4c5ccccc5c5ccccc54)cc31)c1cc(-n3c4ccccc4c4ccccc43)ccc1-2. The number of hydrogen-bond acceptors (Lipinski definition) is 0. The van der Waals surface area contributed by atoms with Crippen molar-refractivity contribution >= 4 is 87.2 Å². The quantitative estimate of drug-likeness (QED) is 0.164. The summed E-state index contributed by atoms with van der Waals surface area (Å²) in [7, 11) is 0. The molecule has 0 amide bonds. The van der Waals surface area contributed by atoms with Crippen LogP contribution in [-0.4, -0.2) is 18.3 Å². The highest BCUT2D eigenvalue weighted by molar-refractivity contribution is 6.12. The highest BCUT2D eigenvalue weighted by Crippen LogP contribution is 2.60. The standard InChI is InChI=1S/C74H46N4/c1-9-25-65-53(17-1)54-18-2-10-26-66(54)75(65)45-33-37-49-50-38-34-46(76-67-27-11-3-19-55(67)56-20-4-12-28-68(56)76)42-62(50)73(61(49)41-45)74-63-43-47(77-69-29-13-5-21-57(69)58-22-6-14-30-70(58)77)35-39-51(63)52-40-36-48(44-64(52)74)78-71-31-15-7-23-59(71)60-24-8-16-32-72(60)78/h1-44,73-74H. The first-order valence-corrected chi connectivity index (χ1v) is 27.2. The van der Waals surface area contributed by atoms with Gasteiger partial charge in [0, 0.05) is 77.7 Å². The van der Waals surface area contributed by atoms with Crippen molar-refractivity contribution in [3.05, 3.63) is 289 Å². The molecule has 0 saturated carbocycles. The van der Waals surface area contributed by atoms with Gasteiger partial charge in [0.1, 0.15) is 0 Å². The smallest absolute Gasteiger partial charge is 0.0541 e. The second kappa shape index (κ2) is 15.7. The van der Waals surface area contributed by atoms with Crippen LogP contribution in [0.15, 0.2) is 267 Å². The second-order valence-electron chi connectivity index (χ2n) is 21.5. The fourth-order valence-corrected chi connectivity index (χ4v) is 14.6. The van der Waals surface area contributed by atoms with Crippen molar-refractivity contribution in [1.29, 1.82) is 0 Å². The van der Waals surface area contributed by atoms with E-state index >= 15 is 0 Å². The Morgan fingerprint density at radius 1 is 0.179 bits per heavy atom. The third kappa shape index (κ3) is 5.62. The molecule has 78 heavy (non-hydrogen) atoms. The number of hydrogen-bond donors (Lipinski definition) is 0. The minimum absolute atomic E-state index is 0.0575. The molecule has 12 aromatic carbocycles. The minimum Gasteiger partial charge on any atom is -0.309 e. The van der Waals surface area contributed by atoms with Crippen LogP contribution < -0.4 is 0 Å². The number of aromatic nitrogens is 4. The van der Waals surface area contributed by atoms with E-state index in [0.29, 0.717) is 0 Å². The first kappa shape index (κ1) is 42.1. The van der Waals surface area contributed by atoms with Crippen molar-refractivity contribution in [2.75, 3.05) is 0 Å². The molecule has 4 aromatic heterocycles. The maximum Gasteiger partial charge on any atom is 0.0541 e. The van der Waals surface area contributed by atoms with Gasteiger partial charge in [-0.25, -0.2) is 0 Å². The summed E-state index contributed by atoms with van der Waals surface area (Å²) in [6, 6.07) is 100. The third-order valence-electron chi connectivity index (χ3n) is 17.7. The first-order valence-electron chi connectivity index (χ1n) is 27.2. The Balaban J connectivity index is 0.938. The van der Waals surface area contributed by atoms with Gasteiger partial charge in [-0.1, -0.05) is 170 Å². The Kier molecular flexibility index (Phi) is 8.48. The monoisotopic (exact) mass is 990 g/mol. The number of rotatable bonds is 5. The first-order chi connectivity index (χ1) is 38.7. The van der Waals surface area contributed by atoms with Crippen LogP contribution in [0.5, 0.6) is 0 Å². The van der Waals surface area contributed by atoms with Crippen LogP contribution >= 0.6 is 0 Å². The van der Waals surface area contributed by atoms with Crippen molar-refractivity contribution in [2.24, 2.45) is 0 Å². The van der Waals surface area contributed by atoms with Crippen LogP contribution in [0.25, 0.3) is 132 Å². The number of benzene rings is 12. The normalized spacial score (nSPS) is 13.3. The van der Waals surface area contributed by atoms with E-state index in [2.05, 4.69) is 285 Å². The Hall–Kier alpha value is -10.2. The van der Waals surface area contributed by atoms with Gasteiger partial charge >= 0.3 is 0 Å². The van der Waals surface area contributed by atoms with E-state index in [1.165, 1.54) is 154 Å². The molecule has 0 bridgehead atoms. The molecule has 4 nitrogen and oxygen atoms in total. The maximum atomic E-state index is 2.55. The van der Waals surface area contributed by atoms with E-state index in [-0.39, 0.29) is 11.8 Å². The summed E-state index contributed by atoms with van der Waals surface area (Å²) >= 11 is 0. The molecule has 4 heteroatoms. The van der Waals surface area contributed by atoms with Gasteiger partial charge in [0.25, 0.3) is 0 Å². The Morgan fingerprint density at radius 3 is 0.526 bits per heavy atom. The summed E-state index contributed by atoms with van der Waals surface area (Å²) in [6.07, 6.45) is 0. The summed E-state index contributed by atoms with van der Waals surface area (Å²) in [6.45, 7) is 0. The molecular weight excluding hydrogens is 945 g/mol. The summed E-state index contributed by atoms with van der Waals surface area (Å²) in [5.74, 6) is -0.115. The molecule has 2 aliphatic rings. The molecule has 16 aromatic rings. The highest BCUT2D eigenvalue weighted by atomic mass is 15.0. The van der Waals surface area contributed by atoms with E-state index in [4.69, 9.17) is 0 Å². The summed E-state index contributed by atoms with van der Waals surface area (Å²) in [4.78, 5) is 0. The van der Waals surface area contributed by atoms with Crippen molar-refractivity contribution in [3.63, 3.8) is 0 Å². The van der Waals surface area contributed by atoms with E-state index in [9.17, 15) is 0 Å². The molecule has 0 fully saturated rings. The summed E-state index contributed by atoms with van der Waals surface area (Å²) in [5.41, 5.74) is 24.9. The average molecular weight is 991 g/mol.